The molecule has 4 saturated heterocycles. The van der Waals surface area contributed by atoms with Crippen molar-refractivity contribution in [2.24, 2.45) is 22.7 Å². The molecule has 12 rings (SSSR count). The van der Waals surface area contributed by atoms with Crippen molar-refractivity contribution >= 4 is 46.1 Å². The highest BCUT2D eigenvalue weighted by Gasteiger charge is 2.48. The molecule has 426 valence electrons. The number of ether oxygens (including phenoxy) is 2. The maximum Gasteiger partial charge on any atom is 0.318 e. The van der Waals surface area contributed by atoms with Crippen LogP contribution in [0.3, 0.4) is 0 Å². The van der Waals surface area contributed by atoms with E-state index in [1.165, 1.54) is 45.7 Å². The molecule has 4 aliphatic carbocycles. The highest BCUT2D eigenvalue weighted by atomic mass is 32.1. The Morgan fingerprint density at radius 3 is 1.99 bits per heavy atom. The van der Waals surface area contributed by atoms with E-state index in [1.54, 1.807) is 15.3 Å². The second-order valence-corrected chi connectivity index (χ2v) is 27.3. The fourth-order valence-corrected chi connectivity index (χ4v) is 18.2. The molecule has 0 N–H and O–H groups in total. The van der Waals surface area contributed by atoms with Gasteiger partial charge in [-0.1, -0.05) is 40.3 Å². The van der Waals surface area contributed by atoms with Crippen molar-refractivity contribution in [3.63, 3.8) is 0 Å². The van der Waals surface area contributed by atoms with Gasteiger partial charge in [-0.05, 0) is 185 Å². The molecular formula is C63H83N11O4S2. The standard InChI is InChI=1S/C63H83N11O4S2/c1-8-12-44-35-71(22-24-73(44)56(75)9-2)58-50-28-41(5)63(32-53(50)66-60(67-58)77-37-46-13-11-21-69(46)6)18-14-48-51(39-80-55(48)33-63)43-29-47(70(7)34-43)38-78-61-65-52-31-62(19-15-54-42(30-62)17-26-79-54)40(4)27-49(52)59(68-61)72-23-25-74(57(76)10-3)45(36-72)16-20-64/h9-10,17,26,39-41,43-47H,2-3,8,11-16,18-19,21-25,27-38H2,1,4-7H3. The van der Waals surface area contributed by atoms with E-state index in [0.717, 1.165) is 139 Å². The summed E-state index contributed by atoms with van der Waals surface area (Å²) < 4.78 is 13.4. The molecule has 17 heteroatoms. The smallest absolute Gasteiger partial charge is 0.318 e. The number of carbonyl (C=O) groups is 2. The van der Waals surface area contributed by atoms with Crippen LogP contribution in [-0.2, 0) is 61.0 Å². The molecule has 4 aliphatic heterocycles. The van der Waals surface area contributed by atoms with Crippen LogP contribution in [0.25, 0.3) is 0 Å². The summed E-state index contributed by atoms with van der Waals surface area (Å²) in [6.45, 7) is 21.6. The van der Waals surface area contributed by atoms with Crippen molar-refractivity contribution in [3.05, 3.63) is 91.1 Å². The number of fused-ring (bicyclic) bond motifs is 4. The predicted octanol–water partition coefficient (Wildman–Crippen LogP) is 8.67. The first-order valence-corrected chi connectivity index (χ1v) is 31.9. The number of likely N-dealkylation sites (tertiary alicyclic amines) is 2. The number of piperazine rings is 2. The molecule has 9 atom stereocenters. The van der Waals surface area contributed by atoms with Crippen molar-refractivity contribution in [1.82, 2.24) is 39.5 Å². The maximum absolute atomic E-state index is 13.0. The van der Waals surface area contributed by atoms with Crippen LogP contribution in [0.1, 0.15) is 127 Å². The van der Waals surface area contributed by atoms with Gasteiger partial charge in [0.05, 0.1) is 29.9 Å². The number of rotatable bonds is 14. The Kier molecular flexibility index (Phi) is 15.7. The van der Waals surface area contributed by atoms with E-state index in [0.29, 0.717) is 75.2 Å². The third-order valence-electron chi connectivity index (χ3n) is 20.9. The minimum Gasteiger partial charge on any atom is -0.462 e. The zero-order chi connectivity index (χ0) is 55.5. The van der Waals surface area contributed by atoms with Gasteiger partial charge in [-0.15, -0.1) is 22.7 Å². The van der Waals surface area contributed by atoms with Crippen molar-refractivity contribution in [1.29, 1.82) is 5.26 Å². The topological polar surface area (TPSA) is 147 Å². The second kappa shape index (κ2) is 22.7. The van der Waals surface area contributed by atoms with Crippen molar-refractivity contribution in [2.45, 2.75) is 154 Å². The van der Waals surface area contributed by atoms with Gasteiger partial charge in [0.25, 0.3) is 0 Å². The fraction of sp³-hybridized carbons (Fsp3) is 0.635. The molecule has 2 amide bonds. The fourth-order valence-electron chi connectivity index (χ4n) is 15.9. The largest absolute Gasteiger partial charge is 0.462 e. The summed E-state index contributed by atoms with van der Waals surface area (Å²) in [5.41, 5.74) is 9.57. The lowest BCUT2D eigenvalue weighted by Crippen LogP contribution is -2.55. The van der Waals surface area contributed by atoms with Crippen LogP contribution in [-0.4, -0.2) is 155 Å². The highest BCUT2D eigenvalue weighted by Crippen LogP contribution is 2.54. The van der Waals surface area contributed by atoms with E-state index in [9.17, 15) is 14.9 Å². The van der Waals surface area contributed by atoms with E-state index in [1.807, 2.05) is 27.6 Å². The molecule has 9 unspecified atom stereocenters. The zero-order valence-electron chi connectivity index (χ0n) is 48.1. The predicted molar refractivity (Wildman–Crippen MR) is 316 cm³/mol. The first kappa shape index (κ1) is 55.1. The molecule has 4 aromatic heterocycles. The minimum atomic E-state index is -0.254. The SMILES string of the molecule is C=CC(=O)N1CCN(c2nc(OCC3CC(c4csc5c4CCC4(Cc6nc(OCC7CCCN7C)nc(N7CCN(C(=O)C=C)C(CCC)C7)c6CC4C)C5)CN3C)nc3c2CC(C)C2(CCc4sccc4C2)C3)CC1CC#N. The minimum absolute atomic E-state index is 0.0144. The number of hydrogen-bond acceptors (Lipinski definition) is 15. The Morgan fingerprint density at radius 2 is 1.36 bits per heavy atom. The number of nitriles is 1. The number of aryl methyl sites for hydroxylation is 1. The lowest BCUT2D eigenvalue weighted by molar-refractivity contribution is -0.129. The number of amides is 2. The first-order chi connectivity index (χ1) is 38.8. The van der Waals surface area contributed by atoms with Crippen LogP contribution in [0.5, 0.6) is 12.0 Å². The number of likely N-dealkylation sites (N-methyl/N-ethyl adjacent to an activating group) is 2. The second-order valence-electron chi connectivity index (χ2n) is 25.4. The molecule has 2 spiro atoms. The molecule has 80 heavy (non-hydrogen) atoms. The van der Waals surface area contributed by atoms with Crippen molar-refractivity contribution < 1.29 is 19.1 Å². The van der Waals surface area contributed by atoms with Gasteiger partial charge in [0.1, 0.15) is 24.8 Å². The average Bonchev–Trinajstić information content (AvgIpc) is 4.43. The Balaban J connectivity index is 0.763. The normalized spacial score (nSPS) is 29.5. The molecule has 0 saturated carbocycles. The molecule has 0 radical (unpaired) electrons. The number of aromatic nitrogens is 4. The number of anilines is 2. The van der Waals surface area contributed by atoms with Gasteiger partial charge in [-0.3, -0.25) is 14.5 Å². The average molecular weight is 1120 g/mol. The van der Waals surface area contributed by atoms with Gasteiger partial charge >= 0.3 is 12.0 Å². The third kappa shape index (κ3) is 10.4. The first-order valence-electron chi connectivity index (χ1n) is 30.1. The van der Waals surface area contributed by atoms with Crippen LogP contribution in [0.15, 0.2) is 42.1 Å². The van der Waals surface area contributed by atoms with Crippen molar-refractivity contribution in [2.75, 3.05) is 89.5 Å². The van der Waals surface area contributed by atoms with E-state index < -0.39 is 0 Å². The summed E-state index contributed by atoms with van der Waals surface area (Å²) in [5, 5.41) is 14.6. The van der Waals surface area contributed by atoms with Gasteiger partial charge in [-0.25, -0.2) is 0 Å². The number of carbonyl (C=O) groups excluding carboxylic acids is 2. The summed E-state index contributed by atoms with van der Waals surface area (Å²) in [4.78, 5) is 63.7. The molecule has 0 bridgehead atoms. The molecule has 0 aromatic carbocycles. The molecule has 4 aromatic rings. The van der Waals surface area contributed by atoms with Crippen LogP contribution in [0, 0.1) is 34.0 Å². The Hall–Kier alpha value is -5.41. The molecule has 8 aliphatic rings. The van der Waals surface area contributed by atoms with Gasteiger partial charge in [-0.2, -0.15) is 25.2 Å². The Labute approximate surface area is 482 Å². The van der Waals surface area contributed by atoms with Crippen molar-refractivity contribution in [3.8, 4) is 18.1 Å². The van der Waals surface area contributed by atoms with E-state index in [4.69, 9.17) is 29.4 Å². The summed E-state index contributed by atoms with van der Waals surface area (Å²) in [6, 6.07) is 6.05. The van der Waals surface area contributed by atoms with E-state index >= 15 is 0 Å². The zero-order valence-corrected chi connectivity index (χ0v) is 49.7. The van der Waals surface area contributed by atoms with Gasteiger partial charge < -0.3 is 34.0 Å². The Bertz CT molecular complexity index is 3040. The monoisotopic (exact) mass is 1120 g/mol. The van der Waals surface area contributed by atoms with Gasteiger partial charge in [0.15, 0.2) is 0 Å². The maximum atomic E-state index is 13.0. The molecular weight excluding hydrogens is 1040 g/mol. The van der Waals surface area contributed by atoms with Crippen LogP contribution < -0.4 is 19.3 Å². The lowest BCUT2D eigenvalue weighted by atomic mass is 9.59. The number of thiophene rings is 2. The van der Waals surface area contributed by atoms with Gasteiger partial charge in [0.2, 0.25) is 11.8 Å². The van der Waals surface area contributed by atoms with Crippen LogP contribution >= 0.6 is 22.7 Å². The number of hydrogen-bond donors (Lipinski definition) is 0. The molecule has 8 heterocycles. The third-order valence-corrected chi connectivity index (χ3v) is 23.0. The number of nitrogens with zero attached hydrogens (tertiary/aromatic N) is 11. The molecule has 4 fully saturated rings. The quantitative estimate of drug-likeness (QED) is 0.111. The highest BCUT2D eigenvalue weighted by molar-refractivity contribution is 7.10. The van der Waals surface area contributed by atoms with Gasteiger partial charge in [0, 0.05) is 84.8 Å². The molecule has 15 nitrogen and oxygen atoms in total. The Morgan fingerprint density at radius 1 is 0.738 bits per heavy atom. The summed E-state index contributed by atoms with van der Waals surface area (Å²) in [5.74, 6) is 3.13. The summed E-state index contributed by atoms with van der Waals surface area (Å²) >= 11 is 3.87. The van der Waals surface area contributed by atoms with E-state index in [-0.39, 0.29) is 47.2 Å². The van der Waals surface area contributed by atoms with Crippen LogP contribution in [0.4, 0.5) is 11.6 Å². The lowest BCUT2D eigenvalue weighted by Gasteiger charge is -2.47. The summed E-state index contributed by atoms with van der Waals surface area (Å²) in [6.07, 6.45) is 18.6. The van der Waals surface area contributed by atoms with E-state index in [2.05, 4.69) is 90.5 Å². The summed E-state index contributed by atoms with van der Waals surface area (Å²) in [7, 11) is 4.44. The van der Waals surface area contributed by atoms with Crippen LogP contribution in [0.2, 0.25) is 0 Å².